The number of carboxylic acid groups (broad SMARTS) is 1. The Kier molecular flexibility index (Phi) is 3.68. The number of aryl methyl sites for hydroxylation is 1. The summed E-state index contributed by atoms with van der Waals surface area (Å²) in [5.41, 5.74) is 3.94. The number of aliphatic carboxylic acids is 1. The predicted molar refractivity (Wildman–Crippen MR) is 73.0 cm³/mol. The Morgan fingerprint density at radius 3 is 2.72 bits per heavy atom. The molecular weight excluding hydrogens is 248 g/mol. The first kappa shape index (κ1) is 12.7. The van der Waals surface area contributed by atoms with Gasteiger partial charge in [-0.1, -0.05) is 41.9 Å². The summed E-state index contributed by atoms with van der Waals surface area (Å²) in [5, 5.41) is 9.49. The number of hydrogen-bond donors (Lipinski definition) is 1. The molecule has 0 atom stereocenters. The molecule has 18 heavy (non-hydrogen) atoms. The van der Waals surface area contributed by atoms with Crippen molar-refractivity contribution in [1.82, 2.24) is 0 Å². The molecule has 0 aromatic heterocycles. The summed E-state index contributed by atoms with van der Waals surface area (Å²) in [7, 11) is 0. The fourth-order valence-corrected chi connectivity index (χ4v) is 2.10. The van der Waals surface area contributed by atoms with Gasteiger partial charge in [0.1, 0.15) is 0 Å². The van der Waals surface area contributed by atoms with Gasteiger partial charge in [-0.2, -0.15) is 0 Å². The van der Waals surface area contributed by atoms with Crippen LogP contribution < -0.4 is 0 Å². The molecule has 0 aliphatic rings. The van der Waals surface area contributed by atoms with Crippen LogP contribution in [0.25, 0.3) is 11.1 Å². The Bertz CT molecular complexity index is 591. The Labute approximate surface area is 111 Å². The van der Waals surface area contributed by atoms with Crippen molar-refractivity contribution < 1.29 is 9.90 Å². The van der Waals surface area contributed by atoms with E-state index in [-0.39, 0.29) is 6.42 Å². The van der Waals surface area contributed by atoms with E-state index in [1.807, 2.05) is 49.4 Å². The highest BCUT2D eigenvalue weighted by molar-refractivity contribution is 6.30. The van der Waals surface area contributed by atoms with E-state index in [0.29, 0.717) is 5.02 Å². The Hall–Kier alpha value is -1.80. The van der Waals surface area contributed by atoms with E-state index in [4.69, 9.17) is 16.7 Å². The lowest BCUT2D eigenvalue weighted by atomic mass is 9.98. The summed E-state index contributed by atoms with van der Waals surface area (Å²) in [6, 6.07) is 13.3. The van der Waals surface area contributed by atoms with Crippen LogP contribution in [-0.2, 0) is 11.2 Å². The summed E-state index contributed by atoms with van der Waals surface area (Å²) in [6.07, 6.45) is 0.0352. The molecular formula is C15H13ClO2. The van der Waals surface area contributed by atoms with E-state index in [9.17, 15) is 4.79 Å². The molecule has 2 aromatic carbocycles. The van der Waals surface area contributed by atoms with Crippen molar-refractivity contribution in [3.05, 3.63) is 58.6 Å². The number of carboxylic acids is 1. The molecule has 0 spiro atoms. The van der Waals surface area contributed by atoms with E-state index in [0.717, 1.165) is 22.3 Å². The van der Waals surface area contributed by atoms with Crippen LogP contribution in [0.3, 0.4) is 0 Å². The molecule has 92 valence electrons. The molecule has 2 rings (SSSR count). The zero-order chi connectivity index (χ0) is 13.1. The lowest BCUT2D eigenvalue weighted by Gasteiger charge is -2.08. The van der Waals surface area contributed by atoms with Gasteiger partial charge in [0.25, 0.3) is 0 Å². The van der Waals surface area contributed by atoms with Crippen molar-refractivity contribution in [1.29, 1.82) is 0 Å². The highest BCUT2D eigenvalue weighted by atomic mass is 35.5. The topological polar surface area (TPSA) is 37.3 Å². The molecule has 0 radical (unpaired) electrons. The maximum Gasteiger partial charge on any atom is 0.307 e. The number of rotatable bonds is 3. The van der Waals surface area contributed by atoms with Crippen LogP contribution in [0.1, 0.15) is 11.1 Å². The first-order chi connectivity index (χ1) is 8.56. The van der Waals surface area contributed by atoms with E-state index >= 15 is 0 Å². The largest absolute Gasteiger partial charge is 0.481 e. The van der Waals surface area contributed by atoms with E-state index in [2.05, 4.69) is 0 Å². The third-order valence-electron chi connectivity index (χ3n) is 2.79. The summed E-state index contributed by atoms with van der Waals surface area (Å²) < 4.78 is 0. The van der Waals surface area contributed by atoms with Gasteiger partial charge in [0.05, 0.1) is 6.42 Å². The standard InChI is InChI=1S/C15H13ClO2/c1-10-5-6-13(16)9-14(10)12-4-2-3-11(7-12)8-15(17)18/h2-7,9H,8H2,1H3,(H,17,18). The molecule has 0 bridgehead atoms. The van der Waals surface area contributed by atoms with E-state index < -0.39 is 5.97 Å². The number of halogens is 1. The van der Waals surface area contributed by atoms with Crippen LogP contribution in [0, 0.1) is 6.92 Å². The minimum atomic E-state index is -0.824. The normalized spacial score (nSPS) is 10.3. The van der Waals surface area contributed by atoms with Gasteiger partial charge in [-0.05, 0) is 41.3 Å². The summed E-state index contributed by atoms with van der Waals surface area (Å²) in [4.78, 5) is 10.7. The van der Waals surface area contributed by atoms with Crippen LogP contribution in [0.4, 0.5) is 0 Å². The third kappa shape index (κ3) is 2.90. The lowest BCUT2D eigenvalue weighted by molar-refractivity contribution is -0.136. The fourth-order valence-electron chi connectivity index (χ4n) is 1.93. The fraction of sp³-hybridized carbons (Fsp3) is 0.133. The monoisotopic (exact) mass is 260 g/mol. The SMILES string of the molecule is Cc1ccc(Cl)cc1-c1cccc(CC(=O)O)c1. The molecule has 1 N–H and O–H groups in total. The van der Waals surface area contributed by atoms with Gasteiger partial charge < -0.3 is 5.11 Å². The molecule has 2 nitrogen and oxygen atoms in total. The van der Waals surface area contributed by atoms with Crippen molar-refractivity contribution in [3.8, 4) is 11.1 Å². The van der Waals surface area contributed by atoms with Crippen LogP contribution in [0.2, 0.25) is 5.02 Å². The second kappa shape index (κ2) is 5.23. The number of hydrogen-bond acceptors (Lipinski definition) is 1. The smallest absolute Gasteiger partial charge is 0.307 e. The van der Waals surface area contributed by atoms with Crippen molar-refractivity contribution in [3.63, 3.8) is 0 Å². The van der Waals surface area contributed by atoms with Crippen LogP contribution >= 0.6 is 11.6 Å². The average molecular weight is 261 g/mol. The quantitative estimate of drug-likeness (QED) is 0.908. The minimum Gasteiger partial charge on any atom is -0.481 e. The van der Waals surface area contributed by atoms with E-state index in [1.165, 1.54) is 0 Å². The van der Waals surface area contributed by atoms with Gasteiger partial charge in [-0.25, -0.2) is 0 Å². The Balaban J connectivity index is 2.44. The maximum atomic E-state index is 10.7. The number of carbonyl (C=O) groups is 1. The summed E-state index contributed by atoms with van der Waals surface area (Å²) in [5.74, 6) is -0.824. The third-order valence-corrected chi connectivity index (χ3v) is 3.03. The molecule has 0 saturated heterocycles. The van der Waals surface area contributed by atoms with Gasteiger partial charge in [0, 0.05) is 5.02 Å². The van der Waals surface area contributed by atoms with Crippen molar-refractivity contribution in [2.24, 2.45) is 0 Å². The van der Waals surface area contributed by atoms with E-state index in [1.54, 1.807) is 0 Å². The van der Waals surface area contributed by atoms with Gasteiger partial charge in [0.15, 0.2) is 0 Å². The first-order valence-corrected chi connectivity index (χ1v) is 6.01. The molecule has 0 unspecified atom stereocenters. The zero-order valence-electron chi connectivity index (χ0n) is 9.98. The van der Waals surface area contributed by atoms with Crippen LogP contribution in [0.5, 0.6) is 0 Å². The predicted octanol–water partition coefficient (Wildman–Crippen LogP) is 3.94. The highest BCUT2D eigenvalue weighted by Gasteiger charge is 2.05. The van der Waals surface area contributed by atoms with Crippen LogP contribution in [-0.4, -0.2) is 11.1 Å². The van der Waals surface area contributed by atoms with Gasteiger partial charge in [0.2, 0.25) is 0 Å². The minimum absolute atomic E-state index is 0.0352. The van der Waals surface area contributed by atoms with Crippen molar-refractivity contribution in [2.45, 2.75) is 13.3 Å². The Morgan fingerprint density at radius 2 is 2.00 bits per heavy atom. The van der Waals surface area contributed by atoms with Gasteiger partial charge in [-0.3, -0.25) is 4.79 Å². The second-order valence-corrected chi connectivity index (χ2v) is 4.67. The molecule has 0 amide bonds. The molecule has 0 aliphatic carbocycles. The number of benzene rings is 2. The van der Waals surface area contributed by atoms with Crippen LogP contribution in [0.15, 0.2) is 42.5 Å². The Morgan fingerprint density at radius 1 is 1.22 bits per heavy atom. The summed E-state index contributed by atoms with van der Waals surface area (Å²) in [6.45, 7) is 2.01. The molecule has 0 fully saturated rings. The highest BCUT2D eigenvalue weighted by Crippen LogP contribution is 2.27. The molecule has 3 heteroatoms. The van der Waals surface area contributed by atoms with Gasteiger partial charge in [-0.15, -0.1) is 0 Å². The lowest BCUT2D eigenvalue weighted by Crippen LogP contribution is -1.99. The maximum absolute atomic E-state index is 10.7. The molecule has 0 aliphatic heterocycles. The molecule has 0 heterocycles. The zero-order valence-corrected chi connectivity index (χ0v) is 10.7. The second-order valence-electron chi connectivity index (χ2n) is 4.23. The van der Waals surface area contributed by atoms with Gasteiger partial charge >= 0.3 is 5.97 Å². The molecule has 2 aromatic rings. The first-order valence-electron chi connectivity index (χ1n) is 5.63. The molecule has 0 saturated carbocycles. The average Bonchev–Trinajstić information content (AvgIpc) is 2.32. The van der Waals surface area contributed by atoms with Crippen molar-refractivity contribution >= 4 is 17.6 Å². The summed E-state index contributed by atoms with van der Waals surface area (Å²) >= 11 is 6.00. The van der Waals surface area contributed by atoms with Crippen molar-refractivity contribution in [2.75, 3.05) is 0 Å².